The van der Waals surface area contributed by atoms with Gasteiger partial charge in [-0.1, -0.05) is 6.07 Å². The molecule has 2 amide bonds. The molecule has 0 radical (unpaired) electrons. The van der Waals surface area contributed by atoms with Crippen LogP contribution in [0.2, 0.25) is 0 Å². The Hall–Kier alpha value is -2.21. The van der Waals surface area contributed by atoms with E-state index in [1.807, 2.05) is 18.2 Å². The van der Waals surface area contributed by atoms with Crippen molar-refractivity contribution in [1.82, 2.24) is 15.2 Å². The van der Waals surface area contributed by atoms with E-state index in [2.05, 4.69) is 29.4 Å². The van der Waals surface area contributed by atoms with Crippen LogP contribution < -0.4 is 5.32 Å². The highest BCUT2D eigenvalue weighted by Gasteiger charge is 2.34. The average molecular weight is 343 g/mol. The first-order valence-electron chi connectivity index (χ1n) is 8.12. The second-order valence-electron chi connectivity index (χ2n) is 6.05. The number of carbonyl (C=O) groups is 2. The van der Waals surface area contributed by atoms with E-state index >= 15 is 0 Å². The van der Waals surface area contributed by atoms with Crippen LogP contribution in [0.5, 0.6) is 0 Å². The molecule has 3 rings (SSSR count). The first-order valence-corrected chi connectivity index (χ1v) is 8.94. The fourth-order valence-electron chi connectivity index (χ4n) is 2.86. The minimum Gasteiger partial charge on any atom is -0.355 e. The van der Waals surface area contributed by atoms with Gasteiger partial charge in [0.1, 0.15) is 0 Å². The Kier molecular flexibility index (Phi) is 5.25. The molecule has 1 aliphatic rings. The van der Waals surface area contributed by atoms with Gasteiger partial charge < -0.3 is 10.2 Å². The van der Waals surface area contributed by atoms with E-state index in [0.717, 1.165) is 12.1 Å². The summed E-state index contributed by atoms with van der Waals surface area (Å²) in [5, 5.41) is 2.96. The van der Waals surface area contributed by atoms with E-state index in [4.69, 9.17) is 0 Å². The maximum absolute atomic E-state index is 12.3. The van der Waals surface area contributed by atoms with Crippen LogP contribution in [0.25, 0.3) is 0 Å². The fourth-order valence-corrected chi connectivity index (χ4v) is 3.75. The van der Waals surface area contributed by atoms with Crippen molar-refractivity contribution in [2.75, 3.05) is 13.1 Å². The quantitative estimate of drug-likeness (QED) is 0.874. The number of amides is 2. The third-order valence-corrected chi connectivity index (χ3v) is 5.19. The number of hydrogen-bond donors (Lipinski definition) is 1. The maximum atomic E-state index is 12.3. The molecule has 5 nitrogen and oxygen atoms in total. The van der Waals surface area contributed by atoms with Crippen molar-refractivity contribution in [2.24, 2.45) is 5.92 Å². The van der Waals surface area contributed by atoms with Crippen molar-refractivity contribution < 1.29 is 9.59 Å². The molecule has 3 heterocycles. The minimum atomic E-state index is -0.258. The Morgan fingerprint density at radius 2 is 2.25 bits per heavy atom. The van der Waals surface area contributed by atoms with Crippen molar-refractivity contribution in [1.29, 1.82) is 0 Å². The van der Waals surface area contributed by atoms with Crippen molar-refractivity contribution in [2.45, 2.75) is 26.3 Å². The lowest BCUT2D eigenvalue weighted by Gasteiger charge is -2.16. The minimum absolute atomic E-state index is 0.0229. The van der Waals surface area contributed by atoms with E-state index in [0.29, 0.717) is 19.6 Å². The van der Waals surface area contributed by atoms with Gasteiger partial charge in [-0.15, -0.1) is 11.3 Å². The van der Waals surface area contributed by atoms with Gasteiger partial charge in [-0.25, -0.2) is 0 Å². The van der Waals surface area contributed by atoms with Crippen LogP contribution in [0.3, 0.4) is 0 Å². The monoisotopic (exact) mass is 343 g/mol. The smallest absolute Gasteiger partial charge is 0.225 e. The van der Waals surface area contributed by atoms with Crippen molar-refractivity contribution in [3.05, 3.63) is 52.0 Å². The Balaban J connectivity index is 1.47. The Morgan fingerprint density at radius 1 is 1.38 bits per heavy atom. The maximum Gasteiger partial charge on any atom is 0.225 e. The molecule has 2 aromatic heterocycles. The number of thiophene rings is 1. The van der Waals surface area contributed by atoms with Crippen LogP contribution in [-0.2, 0) is 22.6 Å². The lowest BCUT2D eigenvalue weighted by Crippen LogP contribution is -2.34. The molecule has 0 saturated carbocycles. The number of nitrogens with zero attached hydrogens (tertiary/aromatic N) is 2. The van der Waals surface area contributed by atoms with E-state index < -0.39 is 0 Å². The van der Waals surface area contributed by atoms with E-state index in [1.54, 1.807) is 22.4 Å². The normalized spacial score (nSPS) is 17.3. The van der Waals surface area contributed by atoms with Gasteiger partial charge in [0.2, 0.25) is 11.8 Å². The zero-order chi connectivity index (χ0) is 16.9. The van der Waals surface area contributed by atoms with Gasteiger partial charge in [0.05, 0.1) is 18.2 Å². The van der Waals surface area contributed by atoms with Gasteiger partial charge in [-0.2, -0.15) is 0 Å². The number of aromatic nitrogens is 1. The predicted molar refractivity (Wildman–Crippen MR) is 93.5 cm³/mol. The summed E-state index contributed by atoms with van der Waals surface area (Å²) in [7, 11) is 0. The second kappa shape index (κ2) is 7.57. The van der Waals surface area contributed by atoms with Crippen LogP contribution in [0, 0.1) is 12.8 Å². The highest BCUT2D eigenvalue weighted by molar-refractivity contribution is 7.11. The molecule has 126 valence electrons. The topological polar surface area (TPSA) is 62.3 Å². The first kappa shape index (κ1) is 16.6. The molecule has 0 spiro atoms. The molecule has 1 N–H and O–H groups in total. The van der Waals surface area contributed by atoms with Crippen molar-refractivity contribution >= 4 is 23.2 Å². The zero-order valence-corrected chi connectivity index (χ0v) is 14.5. The average Bonchev–Trinajstić information content (AvgIpc) is 3.15. The summed E-state index contributed by atoms with van der Waals surface area (Å²) in [5.41, 5.74) is 0.847. The number of carbonyl (C=O) groups excluding carboxylic acids is 2. The van der Waals surface area contributed by atoms with E-state index in [9.17, 15) is 9.59 Å². The zero-order valence-electron chi connectivity index (χ0n) is 13.7. The van der Waals surface area contributed by atoms with Crippen molar-refractivity contribution in [3.63, 3.8) is 0 Å². The third kappa shape index (κ3) is 4.20. The number of pyridine rings is 1. The van der Waals surface area contributed by atoms with Gasteiger partial charge in [0.15, 0.2) is 0 Å². The summed E-state index contributed by atoms with van der Waals surface area (Å²) >= 11 is 1.75. The van der Waals surface area contributed by atoms with Crippen LogP contribution in [-0.4, -0.2) is 34.8 Å². The standard InChI is InChI=1S/C18H21N3O2S/c1-13-5-6-16(24-13)7-9-20-18(23)14-10-17(22)21(11-14)12-15-4-2-3-8-19-15/h2-6,8,14H,7,9-12H2,1H3,(H,20,23)/t14-/m0/s1. The molecule has 1 atom stereocenters. The van der Waals surface area contributed by atoms with Gasteiger partial charge in [0, 0.05) is 35.5 Å². The van der Waals surface area contributed by atoms with Gasteiger partial charge >= 0.3 is 0 Å². The highest BCUT2D eigenvalue weighted by atomic mass is 32.1. The molecule has 1 saturated heterocycles. The molecular weight excluding hydrogens is 322 g/mol. The SMILES string of the molecule is Cc1ccc(CCNC(=O)[C@H]2CC(=O)N(Cc3ccccn3)C2)s1. The van der Waals surface area contributed by atoms with Gasteiger partial charge in [-0.05, 0) is 37.6 Å². The summed E-state index contributed by atoms with van der Waals surface area (Å²) in [6, 6.07) is 9.83. The number of nitrogens with one attached hydrogen (secondary N) is 1. The molecule has 0 bridgehead atoms. The number of aryl methyl sites for hydroxylation is 1. The Bertz CT molecular complexity index is 714. The van der Waals surface area contributed by atoms with Crippen LogP contribution >= 0.6 is 11.3 Å². The molecule has 0 aliphatic carbocycles. The molecular formula is C18H21N3O2S. The molecule has 0 aromatic carbocycles. The van der Waals surface area contributed by atoms with Crippen LogP contribution in [0.1, 0.15) is 21.9 Å². The molecule has 6 heteroatoms. The molecule has 24 heavy (non-hydrogen) atoms. The molecule has 1 aliphatic heterocycles. The predicted octanol–water partition coefficient (Wildman–Crippen LogP) is 2.16. The number of likely N-dealkylation sites (tertiary alicyclic amines) is 1. The van der Waals surface area contributed by atoms with Gasteiger partial charge in [0.25, 0.3) is 0 Å². The lowest BCUT2D eigenvalue weighted by molar-refractivity contribution is -0.129. The molecule has 0 unspecified atom stereocenters. The van der Waals surface area contributed by atoms with Crippen LogP contribution in [0.4, 0.5) is 0 Å². The summed E-state index contributed by atoms with van der Waals surface area (Å²) in [5.74, 6) is -0.263. The Morgan fingerprint density at radius 3 is 2.96 bits per heavy atom. The molecule has 2 aromatic rings. The Labute approximate surface area is 145 Å². The number of hydrogen-bond acceptors (Lipinski definition) is 4. The summed E-state index contributed by atoms with van der Waals surface area (Å²) in [6.45, 7) is 3.63. The van der Waals surface area contributed by atoms with Crippen LogP contribution in [0.15, 0.2) is 36.5 Å². The first-order chi connectivity index (χ1) is 11.6. The second-order valence-corrected chi connectivity index (χ2v) is 7.42. The fraction of sp³-hybridized carbons (Fsp3) is 0.389. The van der Waals surface area contributed by atoms with E-state index in [-0.39, 0.29) is 24.2 Å². The van der Waals surface area contributed by atoms with Gasteiger partial charge in [-0.3, -0.25) is 14.6 Å². The third-order valence-electron chi connectivity index (χ3n) is 4.13. The summed E-state index contributed by atoms with van der Waals surface area (Å²) in [6.07, 6.45) is 2.84. The largest absolute Gasteiger partial charge is 0.355 e. The summed E-state index contributed by atoms with van der Waals surface area (Å²) in [4.78, 5) is 32.9. The number of rotatable bonds is 6. The van der Waals surface area contributed by atoms with Crippen molar-refractivity contribution in [3.8, 4) is 0 Å². The van der Waals surface area contributed by atoms with E-state index in [1.165, 1.54) is 9.75 Å². The summed E-state index contributed by atoms with van der Waals surface area (Å²) < 4.78 is 0. The molecule has 1 fully saturated rings. The highest BCUT2D eigenvalue weighted by Crippen LogP contribution is 2.20. The lowest BCUT2D eigenvalue weighted by atomic mass is 10.1.